The maximum absolute atomic E-state index is 9.95. The summed E-state index contributed by atoms with van der Waals surface area (Å²) in [6.07, 6.45) is 0.969. The maximum atomic E-state index is 9.95. The van der Waals surface area contributed by atoms with Crippen molar-refractivity contribution in [3.8, 4) is 5.75 Å². The molecular formula is C15H22Cl2I2N2O. The average molecular weight is 571 g/mol. The summed E-state index contributed by atoms with van der Waals surface area (Å²) >= 11 is 4.41. The fraction of sp³-hybridized carbons (Fsp3) is 0.467. The van der Waals surface area contributed by atoms with Crippen LogP contribution in [0.15, 0.2) is 24.3 Å². The van der Waals surface area contributed by atoms with E-state index in [-0.39, 0.29) is 24.8 Å². The van der Waals surface area contributed by atoms with Crippen LogP contribution in [0.1, 0.15) is 24.9 Å². The van der Waals surface area contributed by atoms with Gasteiger partial charge in [-0.2, -0.15) is 0 Å². The third-order valence-corrected chi connectivity index (χ3v) is 5.20. The lowest BCUT2D eigenvalue weighted by Crippen LogP contribution is -2.45. The zero-order chi connectivity index (χ0) is 14.7. The molecular weight excluding hydrogens is 549 g/mol. The molecule has 0 aliphatic carbocycles. The topological polar surface area (TPSA) is 35.5 Å². The number of piperazine rings is 1. The molecule has 1 atom stereocenters. The van der Waals surface area contributed by atoms with Crippen molar-refractivity contribution >= 4 is 70.0 Å². The molecule has 2 rings (SSSR count). The Hall–Kier alpha value is 0.720. The number of rotatable bonds is 4. The number of phenols is 1. The lowest BCUT2D eigenvalue weighted by atomic mass is 9.98. The van der Waals surface area contributed by atoms with Crippen LogP contribution in [0, 0.1) is 7.14 Å². The van der Waals surface area contributed by atoms with Crippen molar-refractivity contribution in [2.45, 2.75) is 19.4 Å². The van der Waals surface area contributed by atoms with E-state index in [1.807, 2.05) is 0 Å². The Balaban J connectivity index is 0.00000220. The summed E-state index contributed by atoms with van der Waals surface area (Å²) in [6.45, 7) is 10.4. The zero-order valence-electron chi connectivity index (χ0n) is 12.4. The van der Waals surface area contributed by atoms with Gasteiger partial charge in [-0.15, -0.1) is 31.4 Å². The highest BCUT2D eigenvalue weighted by atomic mass is 127. The Labute approximate surface area is 172 Å². The zero-order valence-corrected chi connectivity index (χ0v) is 18.4. The van der Waals surface area contributed by atoms with E-state index in [0.29, 0.717) is 11.8 Å². The molecule has 1 heterocycles. The SMILES string of the molecule is C=C(C)C[C@H](c1cc(I)c(O)c(I)c1)N1CCNCC1.Cl.Cl. The third kappa shape index (κ3) is 5.98. The van der Waals surface area contributed by atoms with E-state index in [1.54, 1.807) is 0 Å². The molecule has 1 aliphatic rings. The summed E-state index contributed by atoms with van der Waals surface area (Å²) in [7, 11) is 0. The smallest absolute Gasteiger partial charge is 0.142 e. The first-order valence-electron chi connectivity index (χ1n) is 6.76. The molecule has 1 saturated heterocycles. The third-order valence-electron chi connectivity index (χ3n) is 3.56. The fourth-order valence-corrected chi connectivity index (χ4v) is 4.38. The lowest BCUT2D eigenvalue weighted by molar-refractivity contribution is 0.172. The van der Waals surface area contributed by atoms with Crippen molar-refractivity contribution in [2.75, 3.05) is 26.2 Å². The van der Waals surface area contributed by atoms with Gasteiger partial charge in [-0.25, -0.2) is 0 Å². The standard InChI is InChI=1S/C15H20I2N2O.2ClH/c1-10(2)7-14(19-5-3-18-4-6-19)11-8-12(16)15(20)13(17)9-11;;/h8-9,14,18,20H,1,3-7H2,2H3;2*1H/t14-;;/m1../s1. The van der Waals surface area contributed by atoms with Gasteiger partial charge in [0.15, 0.2) is 0 Å². The summed E-state index contributed by atoms with van der Waals surface area (Å²) in [6, 6.07) is 4.57. The van der Waals surface area contributed by atoms with Crippen LogP contribution >= 0.6 is 70.0 Å². The number of aromatic hydroxyl groups is 1. The molecule has 1 fully saturated rings. The number of benzene rings is 1. The van der Waals surface area contributed by atoms with Gasteiger partial charge in [-0.1, -0.05) is 5.57 Å². The van der Waals surface area contributed by atoms with Crippen molar-refractivity contribution in [1.29, 1.82) is 0 Å². The predicted octanol–water partition coefficient (Wildman–Crippen LogP) is 4.36. The predicted molar refractivity (Wildman–Crippen MR) is 115 cm³/mol. The number of nitrogens with one attached hydrogen (secondary N) is 1. The van der Waals surface area contributed by atoms with Crippen LogP contribution < -0.4 is 5.32 Å². The molecule has 2 N–H and O–H groups in total. The quantitative estimate of drug-likeness (QED) is 0.417. The molecule has 126 valence electrons. The van der Waals surface area contributed by atoms with Crippen LogP contribution in [0.5, 0.6) is 5.75 Å². The first kappa shape index (κ1) is 22.7. The number of halogens is 4. The second kappa shape index (κ2) is 10.6. The van der Waals surface area contributed by atoms with Gasteiger partial charge in [-0.05, 0) is 76.2 Å². The number of hydrogen-bond donors (Lipinski definition) is 2. The van der Waals surface area contributed by atoms with Gasteiger partial charge in [0, 0.05) is 32.2 Å². The Morgan fingerprint density at radius 3 is 2.23 bits per heavy atom. The highest BCUT2D eigenvalue weighted by Crippen LogP contribution is 2.34. The van der Waals surface area contributed by atoms with Crippen molar-refractivity contribution in [2.24, 2.45) is 0 Å². The van der Waals surface area contributed by atoms with Gasteiger partial charge in [-0.3, -0.25) is 4.90 Å². The van der Waals surface area contributed by atoms with Gasteiger partial charge in [0.2, 0.25) is 0 Å². The molecule has 0 aromatic heterocycles. The van der Waals surface area contributed by atoms with Gasteiger partial charge in [0.05, 0.1) is 7.14 Å². The van der Waals surface area contributed by atoms with Gasteiger partial charge >= 0.3 is 0 Å². The van der Waals surface area contributed by atoms with Crippen LogP contribution in [0.2, 0.25) is 0 Å². The van der Waals surface area contributed by atoms with E-state index in [2.05, 4.69) is 81.0 Å². The van der Waals surface area contributed by atoms with Gasteiger partial charge < -0.3 is 10.4 Å². The molecule has 3 nitrogen and oxygen atoms in total. The Kier molecular flexibility index (Phi) is 10.9. The van der Waals surface area contributed by atoms with E-state index in [4.69, 9.17) is 0 Å². The normalized spacial score (nSPS) is 16.3. The second-order valence-corrected chi connectivity index (χ2v) is 7.62. The first-order valence-corrected chi connectivity index (χ1v) is 8.92. The highest BCUT2D eigenvalue weighted by molar-refractivity contribution is 14.1. The lowest BCUT2D eigenvalue weighted by Gasteiger charge is -2.35. The molecule has 7 heteroatoms. The van der Waals surface area contributed by atoms with Gasteiger partial charge in [0.1, 0.15) is 5.75 Å². The number of phenolic OH excluding ortho intramolecular Hbond substituents is 1. The molecule has 0 unspecified atom stereocenters. The van der Waals surface area contributed by atoms with Crippen LogP contribution in [0.4, 0.5) is 0 Å². The van der Waals surface area contributed by atoms with E-state index >= 15 is 0 Å². The molecule has 0 bridgehead atoms. The summed E-state index contributed by atoms with van der Waals surface area (Å²) < 4.78 is 1.85. The Morgan fingerprint density at radius 2 is 1.77 bits per heavy atom. The molecule has 22 heavy (non-hydrogen) atoms. The van der Waals surface area contributed by atoms with Crippen molar-refractivity contribution in [3.05, 3.63) is 37.0 Å². The Bertz CT molecular complexity index is 485. The van der Waals surface area contributed by atoms with Crippen LogP contribution in [0.25, 0.3) is 0 Å². The summed E-state index contributed by atoms with van der Waals surface area (Å²) in [5.41, 5.74) is 2.48. The molecule has 0 saturated carbocycles. The first-order chi connectivity index (χ1) is 9.49. The minimum atomic E-state index is 0. The van der Waals surface area contributed by atoms with Crippen molar-refractivity contribution in [1.82, 2.24) is 10.2 Å². The molecule has 1 aliphatic heterocycles. The summed E-state index contributed by atoms with van der Waals surface area (Å²) in [5.74, 6) is 0.393. The van der Waals surface area contributed by atoms with Crippen molar-refractivity contribution in [3.63, 3.8) is 0 Å². The van der Waals surface area contributed by atoms with Gasteiger partial charge in [0.25, 0.3) is 0 Å². The monoisotopic (exact) mass is 570 g/mol. The number of hydrogen-bond acceptors (Lipinski definition) is 3. The van der Waals surface area contributed by atoms with E-state index < -0.39 is 0 Å². The minimum absolute atomic E-state index is 0. The van der Waals surface area contributed by atoms with Crippen LogP contribution in [-0.4, -0.2) is 36.2 Å². The molecule has 0 radical (unpaired) electrons. The van der Waals surface area contributed by atoms with Crippen LogP contribution in [0.3, 0.4) is 0 Å². The average Bonchev–Trinajstić information content (AvgIpc) is 2.42. The molecule has 0 amide bonds. The second-order valence-electron chi connectivity index (χ2n) is 5.30. The molecule has 0 spiro atoms. The highest BCUT2D eigenvalue weighted by Gasteiger charge is 2.23. The van der Waals surface area contributed by atoms with E-state index in [9.17, 15) is 5.11 Å². The largest absolute Gasteiger partial charge is 0.506 e. The maximum Gasteiger partial charge on any atom is 0.142 e. The van der Waals surface area contributed by atoms with E-state index in [0.717, 1.165) is 39.7 Å². The molecule has 1 aromatic rings. The number of nitrogens with zero attached hydrogens (tertiary/aromatic N) is 1. The van der Waals surface area contributed by atoms with E-state index in [1.165, 1.54) is 11.1 Å². The van der Waals surface area contributed by atoms with Crippen LogP contribution in [-0.2, 0) is 0 Å². The summed E-state index contributed by atoms with van der Waals surface area (Å²) in [5, 5.41) is 13.3. The molecule has 1 aromatic carbocycles. The fourth-order valence-electron chi connectivity index (χ4n) is 2.56. The Morgan fingerprint density at radius 1 is 1.27 bits per heavy atom. The minimum Gasteiger partial charge on any atom is -0.506 e. The summed E-state index contributed by atoms with van der Waals surface area (Å²) in [4.78, 5) is 2.52. The van der Waals surface area contributed by atoms with Crippen molar-refractivity contribution < 1.29 is 5.11 Å².